The maximum Gasteiger partial charge on any atom is 0.410 e. The van der Waals surface area contributed by atoms with Crippen LogP contribution < -0.4 is 0 Å². The summed E-state index contributed by atoms with van der Waals surface area (Å²) in [5.74, 6) is -1.95. The molecule has 0 unspecified atom stereocenters. The number of nitrogens with one attached hydrogen (secondary N) is 1. The third kappa shape index (κ3) is 3.76. The number of rotatable bonds is 2. The molecule has 1 spiro atoms. The number of halogens is 3. The monoisotopic (exact) mass is 555 g/mol. The van der Waals surface area contributed by atoms with Gasteiger partial charge in [0.05, 0.1) is 17.9 Å². The highest BCUT2D eigenvalue weighted by molar-refractivity contribution is 9.10. The summed E-state index contributed by atoms with van der Waals surface area (Å²) in [6, 6.07) is 11.9. The van der Waals surface area contributed by atoms with Crippen LogP contribution in [0.2, 0.25) is 0 Å². The number of imidazole rings is 1. The van der Waals surface area contributed by atoms with Crippen molar-refractivity contribution in [2.24, 2.45) is 0 Å². The Morgan fingerprint density at radius 1 is 1.14 bits per heavy atom. The van der Waals surface area contributed by atoms with Gasteiger partial charge >= 0.3 is 6.09 Å². The summed E-state index contributed by atoms with van der Waals surface area (Å²) in [6.07, 6.45) is 2.76. The fourth-order valence-corrected chi connectivity index (χ4v) is 6.45. The average Bonchev–Trinajstić information content (AvgIpc) is 3.49. The number of likely N-dealkylation sites (tertiary alicyclic amines) is 1. The Bertz CT molecular complexity index is 1370. The maximum absolute atomic E-state index is 14.3. The molecule has 1 amide bonds. The van der Waals surface area contributed by atoms with Gasteiger partial charge in [0.1, 0.15) is 11.4 Å². The Hall–Kier alpha value is -2.74. The van der Waals surface area contributed by atoms with Gasteiger partial charge in [0, 0.05) is 29.3 Å². The number of aromatic nitrogens is 2. The van der Waals surface area contributed by atoms with Crippen LogP contribution in [0.25, 0.3) is 22.4 Å². The number of alkyl halides is 2. The van der Waals surface area contributed by atoms with Gasteiger partial charge in [-0.05, 0) is 79.6 Å². The summed E-state index contributed by atoms with van der Waals surface area (Å²) < 4.78 is 35.0. The van der Waals surface area contributed by atoms with Gasteiger partial charge in [-0.2, -0.15) is 0 Å². The summed E-state index contributed by atoms with van der Waals surface area (Å²) in [5, 5.41) is 0. The van der Waals surface area contributed by atoms with E-state index >= 15 is 0 Å². The van der Waals surface area contributed by atoms with Crippen LogP contribution in [0.15, 0.2) is 47.1 Å². The first-order chi connectivity index (χ1) is 17.0. The molecule has 0 bridgehead atoms. The van der Waals surface area contributed by atoms with Crippen molar-refractivity contribution in [2.45, 2.75) is 69.4 Å². The standard InChI is InChI=1S/C28H28BrF2N3O2/c1-26(2,3)36-25(35)34-10-4-5-23(34)24-32-13-22(33-24)16-6-8-18-19-9-7-17(29)12-21(19)27(20(18)11-16)14-28(30,31)15-27/h6-9,11-13,23H,4-5,10,14-15H2,1-3H3,(H,32,33)/t23-/m0/s1. The second kappa shape index (κ2) is 7.88. The molecule has 6 rings (SSSR count). The van der Waals surface area contributed by atoms with Crippen molar-refractivity contribution in [3.8, 4) is 22.4 Å². The molecule has 1 N–H and O–H groups in total. The third-order valence-electron chi connectivity index (χ3n) is 7.55. The topological polar surface area (TPSA) is 58.2 Å². The van der Waals surface area contributed by atoms with Crippen molar-refractivity contribution in [1.82, 2.24) is 14.9 Å². The highest BCUT2D eigenvalue weighted by atomic mass is 79.9. The maximum atomic E-state index is 14.3. The number of nitrogens with zero attached hydrogens (tertiary/aromatic N) is 2. The van der Waals surface area contributed by atoms with E-state index in [4.69, 9.17) is 4.74 Å². The van der Waals surface area contributed by atoms with E-state index in [0.29, 0.717) is 12.4 Å². The number of ether oxygens (including phenoxy) is 1. The van der Waals surface area contributed by atoms with Crippen LogP contribution in [0.1, 0.15) is 69.4 Å². The smallest absolute Gasteiger partial charge is 0.410 e. The van der Waals surface area contributed by atoms with E-state index in [-0.39, 0.29) is 25.0 Å². The first kappa shape index (κ1) is 23.6. The van der Waals surface area contributed by atoms with Crippen molar-refractivity contribution in [3.05, 3.63) is 64.0 Å². The summed E-state index contributed by atoms with van der Waals surface area (Å²) in [4.78, 5) is 22.5. The van der Waals surface area contributed by atoms with E-state index in [1.54, 1.807) is 11.1 Å². The van der Waals surface area contributed by atoms with E-state index in [1.807, 2.05) is 57.2 Å². The zero-order valence-electron chi connectivity index (χ0n) is 20.5. The Balaban J connectivity index is 1.33. The van der Waals surface area contributed by atoms with Crippen LogP contribution in [-0.4, -0.2) is 39.0 Å². The first-order valence-electron chi connectivity index (χ1n) is 12.3. The van der Waals surface area contributed by atoms with Gasteiger partial charge in [0.25, 0.3) is 5.92 Å². The number of amides is 1. The van der Waals surface area contributed by atoms with E-state index in [2.05, 4.69) is 25.9 Å². The van der Waals surface area contributed by atoms with Gasteiger partial charge in [0.2, 0.25) is 0 Å². The zero-order chi connectivity index (χ0) is 25.5. The number of aromatic amines is 1. The number of carbonyl (C=O) groups is 1. The summed E-state index contributed by atoms with van der Waals surface area (Å²) in [7, 11) is 0. The van der Waals surface area contributed by atoms with Crippen LogP contribution in [-0.2, 0) is 10.2 Å². The fourth-order valence-electron chi connectivity index (χ4n) is 6.09. The molecule has 5 nitrogen and oxygen atoms in total. The van der Waals surface area contributed by atoms with Crippen LogP contribution in [0, 0.1) is 0 Å². The van der Waals surface area contributed by atoms with Crippen LogP contribution in [0.5, 0.6) is 0 Å². The van der Waals surface area contributed by atoms with Gasteiger partial charge in [0.15, 0.2) is 0 Å². The molecule has 2 heterocycles. The number of carbonyl (C=O) groups excluding carboxylic acids is 1. The normalized spacial score (nSPS) is 21.3. The molecule has 36 heavy (non-hydrogen) atoms. The summed E-state index contributed by atoms with van der Waals surface area (Å²) in [5.41, 5.74) is 4.44. The second-order valence-electron chi connectivity index (χ2n) is 11.3. The Kier molecular flexibility index (Phi) is 5.17. The van der Waals surface area contributed by atoms with Gasteiger partial charge in [-0.3, -0.25) is 4.90 Å². The molecule has 1 saturated carbocycles. The molecule has 0 radical (unpaired) electrons. The van der Waals surface area contributed by atoms with E-state index in [1.165, 1.54) is 0 Å². The Morgan fingerprint density at radius 3 is 2.53 bits per heavy atom. The van der Waals surface area contributed by atoms with Gasteiger partial charge < -0.3 is 9.72 Å². The Labute approximate surface area is 217 Å². The van der Waals surface area contributed by atoms with Crippen molar-refractivity contribution < 1.29 is 18.3 Å². The summed E-state index contributed by atoms with van der Waals surface area (Å²) >= 11 is 3.52. The lowest BCUT2D eigenvalue weighted by Crippen LogP contribution is -2.48. The molecule has 1 aliphatic heterocycles. The molecule has 188 valence electrons. The van der Waals surface area contributed by atoms with Crippen LogP contribution in [0.3, 0.4) is 0 Å². The van der Waals surface area contributed by atoms with E-state index in [0.717, 1.165) is 50.8 Å². The molecule has 1 aromatic heterocycles. The molecule has 2 aliphatic carbocycles. The molecular formula is C28H28BrF2N3O2. The molecule has 2 aromatic carbocycles. The molecule has 2 fully saturated rings. The van der Waals surface area contributed by atoms with Crippen molar-refractivity contribution in [1.29, 1.82) is 0 Å². The lowest BCUT2D eigenvalue weighted by Gasteiger charge is -2.46. The molecular weight excluding hydrogens is 528 g/mol. The molecule has 1 saturated heterocycles. The fraction of sp³-hybridized carbons (Fsp3) is 0.429. The predicted molar refractivity (Wildman–Crippen MR) is 137 cm³/mol. The van der Waals surface area contributed by atoms with E-state index < -0.39 is 16.9 Å². The minimum atomic E-state index is -2.66. The van der Waals surface area contributed by atoms with Gasteiger partial charge in [-0.15, -0.1) is 0 Å². The third-order valence-corrected chi connectivity index (χ3v) is 8.04. The molecule has 3 aromatic rings. The van der Waals surface area contributed by atoms with Crippen LogP contribution >= 0.6 is 15.9 Å². The second-order valence-corrected chi connectivity index (χ2v) is 12.2. The largest absolute Gasteiger partial charge is 0.444 e. The quantitative estimate of drug-likeness (QED) is 0.354. The van der Waals surface area contributed by atoms with Crippen molar-refractivity contribution >= 4 is 22.0 Å². The number of hydrogen-bond donors (Lipinski definition) is 1. The minimum absolute atomic E-state index is 0.179. The highest BCUT2D eigenvalue weighted by Gasteiger charge is 2.61. The lowest BCUT2D eigenvalue weighted by atomic mass is 9.60. The number of benzene rings is 2. The average molecular weight is 556 g/mol. The number of fused-ring (bicyclic) bond motifs is 5. The minimum Gasteiger partial charge on any atom is -0.444 e. The van der Waals surface area contributed by atoms with Crippen LogP contribution in [0.4, 0.5) is 13.6 Å². The lowest BCUT2D eigenvalue weighted by molar-refractivity contribution is -0.112. The zero-order valence-corrected chi connectivity index (χ0v) is 22.1. The SMILES string of the molecule is CC(C)(C)OC(=O)N1CCC[C@H]1c1ncc(-c2ccc3c(c2)C2(CC(F)(F)C2)c2cc(Br)ccc2-3)[nH]1. The van der Waals surface area contributed by atoms with Gasteiger partial charge in [-0.1, -0.05) is 34.1 Å². The van der Waals surface area contributed by atoms with Crippen molar-refractivity contribution in [3.63, 3.8) is 0 Å². The molecule has 3 aliphatic rings. The number of H-pyrrole nitrogens is 1. The summed E-state index contributed by atoms with van der Waals surface area (Å²) in [6.45, 7) is 6.20. The first-order valence-corrected chi connectivity index (χ1v) is 13.1. The van der Waals surface area contributed by atoms with Crippen molar-refractivity contribution in [2.75, 3.05) is 6.54 Å². The Morgan fingerprint density at radius 2 is 1.83 bits per heavy atom. The number of hydrogen-bond acceptors (Lipinski definition) is 3. The highest BCUT2D eigenvalue weighted by Crippen LogP contribution is 2.64. The van der Waals surface area contributed by atoms with Gasteiger partial charge in [-0.25, -0.2) is 18.6 Å². The molecule has 8 heteroatoms. The predicted octanol–water partition coefficient (Wildman–Crippen LogP) is 7.61. The molecule has 1 atom stereocenters. The van der Waals surface area contributed by atoms with E-state index in [9.17, 15) is 13.6 Å².